The first-order valence-corrected chi connectivity index (χ1v) is 8.82. The molecule has 1 saturated heterocycles. The highest BCUT2D eigenvalue weighted by Gasteiger charge is 2.31. The van der Waals surface area contributed by atoms with Crippen molar-refractivity contribution in [2.24, 2.45) is 5.92 Å². The van der Waals surface area contributed by atoms with E-state index in [1.165, 1.54) is 0 Å². The van der Waals surface area contributed by atoms with Crippen molar-refractivity contribution in [3.05, 3.63) is 34.9 Å². The summed E-state index contributed by atoms with van der Waals surface area (Å²) in [5.74, 6) is -0.239. The minimum absolute atomic E-state index is 0. The summed E-state index contributed by atoms with van der Waals surface area (Å²) in [6.07, 6.45) is 2.05. The van der Waals surface area contributed by atoms with Crippen molar-refractivity contribution in [2.75, 3.05) is 20.1 Å². The average Bonchev–Trinajstić information content (AvgIpc) is 2.59. The molecule has 2 amide bonds. The molecule has 0 spiro atoms. The molecule has 0 saturated carbocycles. The first-order chi connectivity index (χ1) is 11.4. The van der Waals surface area contributed by atoms with Gasteiger partial charge in [0.15, 0.2) is 0 Å². The van der Waals surface area contributed by atoms with Crippen LogP contribution in [0.2, 0.25) is 5.02 Å². The van der Waals surface area contributed by atoms with E-state index in [-0.39, 0.29) is 30.1 Å². The van der Waals surface area contributed by atoms with E-state index < -0.39 is 6.04 Å². The molecule has 1 aliphatic rings. The first-order valence-electron chi connectivity index (χ1n) is 8.45. The van der Waals surface area contributed by atoms with Gasteiger partial charge in [0.25, 0.3) is 5.91 Å². The lowest BCUT2D eigenvalue weighted by Crippen LogP contribution is -2.55. The summed E-state index contributed by atoms with van der Waals surface area (Å²) in [6, 6.07) is 6.47. The molecular weight excluding hydrogens is 361 g/mol. The topological polar surface area (TPSA) is 61.4 Å². The maximum absolute atomic E-state index is 12.9. The van der Waals surface area contributed by atoms with Crippen LogP contribution in [-0.2, 0) is 4.79 Å². The minimum atomic E-state index is -0.524. The van der Waals surface area contributed by atoms with E-state index in [0.717, 1.165) is 19.4 Å². The molecule has 1 fully saturated rings. The number of likely N-dealkylation sites (tertiary alicyclic amines) is 1. The molecule has 25 heavy (non-hydrogen) atoms. The molecule has 0 bridgehead atoms. The molecule has 0 aliphatic carbocycles. The lowest BCUT2D eigenvalue weighted by Gasteiger charge is -2.36. The third kappa shape index (κ3) is 5.87. The Bertz CT molecular complexity index is 578. The molecule has 1 aliphatic heterocycles. The monoisotopic (exact) mass is 387 g/mol. The maximum Gasteiger partial charge on any atom is 0.251 e. The van der Waals surface area contributed by atoms with Gasteiger partial charge in [-0.25, -0.2) is 0 Å². The number of hydrogen-bond donors (Lipinski definition) is 2. The zero-order chi connectivity index (χ0) is 17.7. The summed E-state index contributed by atoms with van der Waals surface area (Å²) in [5, 5.41) is 6.70. The Morgan fingerprint density at radius 1 is 1.24 bits per heavy atom. The Kier molecular flexibility index (Phi) is 8.69. The summed E-state index contributed by atoms with van der Waals surface area (Å²) in [7, 11) is 1.92. The third-order valence-electron chi connectivity index (χ3n) is 4.47. The van der Waals surface area contributed by atoms with Crippen molar-refractivity contribution in [3.8, 4) is 0 Å². The van der Waals surface area contributed by atoms with Crippen molar-refractivity contribution in [3.63, 3.8) is 0 Å². The number of nitrogens with zero attached hydrogens (tertiary/aromatic N) is 1. The van der Waals surface area contributed by atoms with Crippen LogP contribution in [0.5, 0.6) is 0 Å². The van der Waals surface area contributed by atoms with Gasteiger partial charge in [-0.05, 0) is 50.1 Å². The van der Waals surface area contributed by atoms with Gasteiger partial charge in [-0.2, -0.15) is 0 Å². The highest BCUT2D eigenvalue weighted by molar-refractivity contribution is 6.30. The summed E-state index contributed by atoms with van der Waals surface area (Å²) in [5.41, 5.74) is 0.504. The van der Waals surface area contributed by atoms with E-state index >= 15 is 0 Å². The lowest BCUT2D eigenvalue weighted by molar-refractivity contribution is -0.135. The zero-order valence-corrected chi connectivity index (χ0v) is 16.5. The molecule has 140 valence electrons. The van der Waals surface area contributed by atoms with Gasteiger partial charge >= 0.3 is 0 Å². The fraction of sp³-hybridized carbons (Fsp3) is 0.556. The molecular formula is C18H27Cl2N3O2. The molecule has 2 atom stereocenters. The summed E-state index contributed by atoms with van der Waals surface area (Å²) in [6.45, 7) is 5.33. The number of halogens is 2. The smallest absolute Gasteiger partial charge is 0.251 e. The molecule has 2 rings (SSSR count). The van der Waals surface area contributed by atoms with Crippen molar-refractivity contribution in [1.29, 1.82) is 0 Å². The van der Waals surface area contributed by atoms with E-state index in [0.29, 0.717) is 23.2 Å². The molecule has 2 N–H and O–H groups in total. The molecule has 1 heterocycles. The molecule has 2 unspecified atom stereocenters. The lowest BCUT2D eigenvalue weighted by atomic mass is 9.99. The number of rotatable bonds is 5. The highest BCUT2D eigenvalue weighted by Crippen LogP contribution is 2.15. The van der Waals surface area contributed by atoms with Crippen LogP contribution in [-0.4, -0.2) is 48.9 Å². The largest absolute Gasteiger partial charge is 0.340 e. The van der Waals surface area contributed by atoms with Gasteiger partial charge in [0.05, 0.1) is 0 Å². The van der Waals surface area contributed by atoms with Crippen LogP contribution in [0, 0.1) is 5.92 Å². The van der Waals surface area contributed by atoms with Crippen molar-refractivity contribution in [1.82, 2.24) is 15.5 Å². The predicted molar refractivity (Wildman–Crippen MR) is 103 cm³/mol. The number of nitrogens with one attached hydrogen (secondary N) is 2. The van der Waals surface area contributed by atoms with Crippen LogP contribution in [0.3, 0.4) is 0 Å². The normalized spacial score (nSPS) is 18.4. The van der Waals surface area contributed by atoms with Crippen molar-refractivity contribution < 1.29 is 9.59 Å². The fourth-order valence-corrected chi connectivity index (χ4v) is 3.08. The molecule has 0 radical (unpaired) electrons. The second-order valence-corrected chi connectivity index (χ2v) is 7.05. The Morgan fingerprint density at radius 3 is 2.44 bits per heavy atom. The van der Waals surface area contributed by atoms with E-state index in [1.807, 2.05) is 25.8 Å². The van der Waals surface area contributed by atoms with Gasteiger partial charge in [-0.1, -0.05) is 25.4 Å². The van der Waals surface area contributed by atoms with Crippen LogP contribution in [0.1, 0.15) is 37.0 Å². The van der Waals surface area contributed by atoms with Gasteiger partial charge in [0.1, 0.15) is 6.04 Å². The molecule has 5 nitrogen and oxygen atoms in total. The predicted octanol–water partition coefficient (Wildman–Crippen LogP) is 2.73. The van der Waals surface area contributed by atoms with Crippen molar-refractivity contribution in [2.45, 2.75) is 38.8 Å². The average molecular weight is 388 g/mol. The number of piperidine rings is 1. The molecule has 1 aromatic carbocycles. The maximum atomic E-state index is 12.9. The first kappa shape index (κ1) is 21.7. The Balaban J connectivity index is 0.00000312. The SMILES string of the molecule is CNC1CCCN(C(=O)C(NC(=O)c2ccc(Cl)cc2)C(C)C)C1.Cl. The fourth-order valence-electron chi connectivity index (χ4n) is 2.95. The molecule has 1 aromatic rings. The van der Waals surface area contributed by atoms with Gasteiger partial charge in [-0.15, -0.1) is 12.4 Å². The van der Waals surface area contributed by atoms with Gasteiger partial charge in [0.2, 0.25) is 5.91 Å². The van der Waals surface area contributed by atoms with E-state index in [9.17, 15) is 9.59 Å². The van der Waals surface area contributed by atoms with Crippen LogP contribution in [0.4, 0.5) is 0 Å². The number of likely N-dealkylation sites (N-methyl/N-ethyl adjacent to an activating group) is 1. The summed E-state index contributed by atoms with van der Waals surface area (Å²) in [4.78, 5) is 27.2. The number of amides is 2. The number of hydrogen-bond acceptors (Lipinski definition) is 3. The Labute approximate surface area is 160 Å². The van der Waals surface area contributed by atoms with Crippen molar-refractivity contribution >= 4 is 35.8 Å². The molecule has 0 aromatic heterocycles. The van der Waals surface area contributed by atoms with E-state index in [2.05, 4.69) is 10.6 Å². The zero-order valence-electron chi connectivity index (χ0n) is 14.9. The summed E-state index contributed by atoms with van der Waals surface area (Å²) < 4.78 is 0. The number of carbonyl (C=O) groups excluding carboxylic acids is 2. The second kappa shape index (κ2) is 10.00. The van der Waals surface area contributed by atoms with Gasteiger partial charge in [0, 0.05) is 29.7 Å². The minimum Gasteiger partial charge on any atom is -0.340 e. The summed E-state index contributed by atoms with van der Waals surface area (Å²) >= 11 is 5.85. The number of carbonyl (C=O) groups is 2. The quantitative estimate of drug-likeness (QED) is 0.816. The highest BCUT2D eigenvalue weighted by atomic mass is 35.5. The van der Waals surface area contributed by atoms with E-state index in [1.54, 1.807) is 24.3 Å². The Morgan fingerprint density at radius 2 is 1.88 bits per heavy atom. The van der Waals surface area contributed by atoms with Gasteiger partial charge < -0.3 is 15.5 Å². The van der Waals surface area contributed by atoms with E-state index in [4.69, 9.17) is 11.6 Å². The van der Waals surface area contributed by atoms with Crippen LogP contribution in [0.15, 0.2) is 24.3 Å². The van der Waals surface area contributed by atoms with Gasteiger partial charge in [-0.3, -0.25) is 9.59 Å². The molecule has 7 heteroatoms. The van der Waals surface area contributed by atoms with Crippen LogP contribution >= 0.6 is 24.0 Å². The standard InChI is InChI=1S/C18H26ClN3O2.ClH/c1-12(2)16(18(24)22-10-4-5-15(11-22)20-3)21-17(23)13-6-8-14(19)9-7-13;/h6-9,12,15-16,20H,4-5,10-11H2,1-3H3,(H,21,23);1H. The van der Waals surface area contributed by atoms with Crippen LogP contribution < -0.4 is 10.6 Å². The number of benzene rings is 1. The van der Waals surface area contributed by atoms with Crippen LogP contribution in [0.25, 0.3) is 0 Å². The Hall–Kier alpha value is -1.30. The third-order valence-corrected chi connectivity index (χ3v) is 4.72. The second-order valence-electron chi connectivity index (χ2n) is 6.61.